The summed E-state index contributed by atoms with van der Waals surface area (Å²) in [7, 11) is 0. The average molecular weight is 203 g/mol. The van der Waals surface area contributed by atoms with Crippen LogP contribution >= 0.6 is 0 Å². The van der Waals surface area contributed by atoms with E-state index in [1.165, 1.54) is 18.2 Å². The predicted molar refractivity (Wildman–Crippen MR) is 45.4 cm³/mol. The molecule has 6 N–H and O–H groups in total. The van der Waals surface area contributed by atoms with Crippen LogP contribution in [0, 0.1) is 0 Å². The van der Waals surface area contributed by atoms with Gasteiger partial charge in [-0.3, -0.25) is 0 Å². The van der Waals surface area contributed by atoms with Gasteiger partial charge in [0.1, 0.15) is 11.4 Å². The molecule has 0 aliphatic carbocycles. The SMILES string of the molecule is O.O.O=C(O)c1cccc(C(=O)O)n1. The Bertz CT molecular complexity index is 307. The van der Waals surface area contributed by atoms with Gasteiger partial charge in [0.25, 0.3) is 0 Å². The summed E-state index contributed by atoms with van der Waals surface area (Å²) in [6.45, 7) is 0. The van der Waals surface area contributed by atoms with Crippen molar-refractivity contribution in [2.45, 2.75) is 0 Å². The first kappa shape index (κ1) is 14.5. The van der Waals surface area contributed by atoms with Crippen LogP contribution in [0.1, 0.15) is 21.0 Å². The van der Waals surface area contributed by atoms with E-state index in [4.69, 9.17) is 10.2 Å². The van der Waals surface area contributed by atoms with Gasteiger partial charge in [0, 0.05) is 0 Å². The minimum Gasteiger partial charge on any atom is -0.477 e. The van der Waals surface area contributed by atoms with E-state index in [2.05, 4.69) is 4.98 Å². The molecule has 0 radical (unpaired) electrons. The summed E-state index contributed by atoms with van der Waals surface area (Å²) >= 11 is 0. The van der Waals surface area contributed by atoms with Crippen molar-refractivity contribution >= 4 is 11.9 Å². The quantitative estimate of drug-likeness (QED) is 0.620. The molecule has 1 aromatic rings. The zero-order valence-electron chi connectivity index (χ0n) is 6.89. The first-order valence-corrected chi connectivity index (χ1v) is 3.05. The number of pyridine rings is 1. The van der Waals surface area contributed by atoms with Gasteiger partial charge < -0.3 is 21.2 Å². The van der Waals surface area contributed by atoms with Gasteiger partial charge in [-0.15, -0.1) is 0 Å². The van der Waals surface area contributed by atoms with Gasteiger partial charge >= 0.3 is 11.9 Å². The molecule has 0 aromatic carbocycles. The van der Waals surface area contributed by atoms with Crippen molar-refractivity contribution in [2.24, 2.45) is 0 Å². The molecule has 1 heterocycles. The Morgan fingerprint density at radius 1 is 1.00 bits per heavy atom. The van der Waals surface area contributed by atoms with Gasteiger partial charge in [0.2, 0.25) is 0 Å². The Kier molecular flexibility index (Phi) is 5.83. The third-order valence-corrected chi connectivity index (χ3v) is 1.19. The van der Waals surface area contributed by atoms with E-state index in [0.717, 1.165) is 0 Å². The molecule has 0 bridgehead atoms. The molecular formula is C7H9NO6. The third-order valence-electron chi connectivity index (χ3n) is 1.19. The van der Waals surface area contributed by atoms with Crippen molar-refractivity contribution in [2.75, 3.05) is 0 Å². The van der Waals surface area contributed by atoms with Crippen molar-refractivity contribution in [3.63, 3.8) is 0 Å². The van der Waals surface area contributed by atoms with Gasteiger partial charge in [-0.2, -0.15) is 0 Å². The van der Waals surface area contributed by atoms with Crippen LogP contribution in [-0.4, -0.2) is 38.1 Å². The summed E-state index contributed by atoms with van der Waals surface area (Å²) in [5.41, 5.74) is -0.537. The predicted octanol–water partition coefficient (Wildman–Crippen LogP) is -1.17. The van der Waals surface area contributed by atoms with E-state index in [1.54, 1.807) is 0 Å². The van der Waals surface area contributed by atoms with Gasteiger partial charge in [0.15, 0.2) is 0 Å². The number of carboxylic acids is 2. The van der Waals surface area contributed by atoms with E-state index in [9.17, 15) is 9.59 Å². The molecule has 0 saturated heterocycles. The summed E-state index contributed by atoms with van der Waals surface area (Å²) in [4.78, 5) is 24.0. The molecule has 0 atom stereocenters. The van der Waals surface area contributed by atoms with Crippen molar-refractivity contribution in [3.8, 4) is 0 Å². The smallest absolute Gasteiger partial charge is 0.354 e. The normalized spacial score (nSPS) is 8.00. The maximum absolute atomic E-state index is 10.3. The maximum Gasteiger partial charge on any atom is 0.354 e. The second kappa shape index (κ2) is 5.62. The van der Waals surface area contributed by atoms with Crippen LogP contribution in [0.5, 0.6) is 0 Å². The van der Waals surface area contributed by atoms with E-state index < -0.39 is 11.9 Å². The second-order valence-corrected chi connectivity index (χ2v) is 2.02. The molecule has 0 fully saturated rings. The molecular weight excluding hydrogens is 194 g/mol. The Hall–Kier alpha value is -1.99. The van der Waals surface area contributed by atoms with Crippen LogP contribution in [0.3, 0.4) is 0 Å². The Balaban J connectivity index is 0. The lowest BCUT2D eigenvalue weighted by atomic mass is 10.3. The molecule has 0 aliphatic heterocycles. The fourth-order valence-corrected chi connectivity index (χ4v) is 0.673. The monoisotopic (exact) mass is 203 g/mol. The number of aromatic carboxylic acids is 2. The minimum atomic E-state index is -1.24. The molecule has 1 rings (SSSR count). The Labute approximate surface area is 78.3 Å². The van der Waals surface area contributed by atoms with Crippen molar-refractivity contribution in [1.82, 2.24) is 4.98 Å². The number of nitrogens with zero attached hydrogens (tertiary/aromatic N) is 1. The van der Waals surface area contributed by atoms with Crippen LogP contribution in [0.25, 0.3) is 0 Å². The molecule has 0 amide bonds. The molecule has 7 nitrogen and oxygen atoms in total. The lowest BCUT2D eigenvalue weighted by Gasteiger charge is -1.94. The third kappa shape index (κ3) is 3.17. The van der Waals surface area contributed by atoms with Crippen LogP contribution in [0.15, 0.2) is 18.2 Å². The lowest BCUT2D eigenvalue weighted by Crippen LogP contribution is -2.06. The highest BCUT2D eigenvalue weighted by atomic mass is 16.4. The number of carboxylic acid groups (broad SMARTS) is 2. The van der Waals surface area contributed by atoms with Crippen molar-refractivity contribution in [1.29, 1.82) is 0 Å². The van der Waals surface area contributed by atoms with Gasteiger partial charge in [-0.05, 0) is 12.1 Å². The number of rotatable bonds is 2. The minimum absolute atomic E-state index is 0. The molecule has 7 heteroatoms. The maximum atomic E-state index is 10.3. The zero-order chi connectivity index (χ0) is 9.14. The summed E-state index contributed by atoms with van der Waals surface area (Å²) in [6, 6.07) is 3.80. The molecule has 0 unspecified atom stereocenters. The highest BCUT2D eigenvalue weighted by Crippen LogP contribution is 1.98. The van der Waals surface area contributed by atoms with E-state index in [1.807, 2.05) is 0 Å². The summed E-state index contributed by atoms with van der Waals surface area (Å²) in [5, 5.41) is 16.9. The van der Waals surface area contributed by atoms with E-state index in [-0.39, 0.29) is 22.3 Å². The summed E-state index contributed by atoms with van der Waals surface area (Å²) < 4.78 is 0. The number of hydrogen-bond acceptors (Lipinski definition) is 3. The molecule has 0 spiro atoms. The number of aromatic nitrogens is 1. The topological polar surface area (TPSA) is 150 Å². The van der Waals surface area contributed by atoms with Gasteiger partial charge in [-0.25, -0.2) is 14.6 Å². The van der Waals surface area contributed by atoms with Crippen molar-refractivity contribution in [3.05, 3.63) is 29.6 Å². The fraction of sp³-hybridized carbons (Fsp3) is 0. The largest absolute Gasteiger partial charge is 0.477 e. The fourth-order valence-electron chi connectivity index (χ4n) is 0.673. The van der Waals surface area contributed by atoms with E-state index in [0.29, 0.717) is 0 Å². The van der Waals surface area contributed by atoms with Crippen LogP contribution < -0.4 is 0 Å². The average Bonchev–Trinajstić information content (AvgIpc) is 2.04. The number of carbonyl (C=O) groups is 2. The molecule has 0 aliphatic rings. The van der Waals surface area contributed by atoms with Crippen LogP contribution in [0.2, 0.25) is 0 Å². The van der Waals surface area contributed by atoms with Gasteiger partial charge in [0.05, 0.1) is 0 Å². The molecule has 1 aromatic heterocycles. The standard InChI is InChI=1S/C7H5NO4.2H2O/c9-6(10)4-2-1-3-5(8-4)7(11)12;;/h1-3H,(H,9,10)(H,11,12);2*1H2. The van der Waals surface area contributed by atoms with E-state index >= 15 is 0 Å². The van der Waals surface area contributed by atoms with Crippen molar-refractivity contribution < 1.29 is 30.8 Å². The highest BCUT2D eigenvalue weighted by Gasteiger charge is 2.08. The molecule has 0 saturated carbocycles. The Morgan fingerprint density at radius 2 is 1.36 bits per heavy atom. The molecule has 78 valence electrons. The number of hydrogen-bond donors (Lipinski definition) is 2. The highest BCUT2D eigenvalue weighted by molar-refractivity contribution is 5.89. The first-order chi connectivity index (χ1) is 5.61. The second-order valence-electron chi connectivity index (χ2n) is 2.02. The molecule has 14 heavy (non-hydrogen) atoms. The van der Waals surface area contributed by atoms with Gasteiger partial charge in [-0.1, -0.05) is 6.07 Å². The van der Waals surface area contributed by atoms with Crippen LogP contribution in [0.4, 0.5) is 0 Å². The summed E-state index contributed by atoms with van der Waals surface area (Å²) in [6.07, 6.45) is 0. The van der Waals surface area contributed by atoms with Crippen LogP contribution in [-0.2, 0) is 0 Å². The lowest BCUT2D eigenvalue weighted by molar-refractivity contribution is 0.0685. The zero-order valence-corrected chi connectivity index (χ0v) is 6.89. The summed E-state index contributed by atoms with van der Waals surface area (Å²) in [5.74, 6) is -2.48. The first-order valence-electron chi connectivity index (χ1n) is 3.05. The Morgan fingerprint density at radius 3 is 1.64 bits per heavy atom.